The maximum atomic E-state index is 13.5. The number of halogens is 2. The van der Waals surface area contributed by atoms with Crippen molar-refractivity contribution in [3.63, 3.8) is 0 Å². The van der Waals surface area contributed by atoms with E-state index in [1.54, 1.807) is 30.3 Å². The Balaban J connectivity index is 1.88. The van der Waals surface area contributed by atoms with Crippen LogP contribution in [0.5, 0.6) is 0 Å². The lowest BCUT2D eigenvalue weighted by molar-refractivity contribution is -0.185. The molecular formula is C24H23Cl2NO4. The molecule has 1 aliphatic heterocycles. The molecule has 2 aromatic carbocycles. The highest BCUT2D eigenvalue weighted by Crippen LogP contribution is 2.47. The number of hydrogen-bond donors (Lipinski definition) is 1. The van der Waals surface area contributed by atoms with Crippen LogP contribution in [0.1, 0.15) is 42.5 Å². The van der Waals surface area contributed by atoms with Gasteiger partial charge in [-0.1, -0.05) is 53.5 Å². The maximum Gasteiger partial charge on any atom is 0.326 e. The molecule has 1 amide bonds. The van der Waals surface area contributed by atoms with Gasteiger partial charge in [0.25, 0.3) is 5.91 Å². The molecule has 0 unspecified atom stereocenters. The molecule has 0 bridgehead atoms. The molecule has 1 aliphatic carbocycles. The summed E-state index contributed by atoms with van der Waals surface area (Å²) in [5.74, 6) is -1.41. The van der Waals surface area contributed by atoms with Gasteiger partial charge >= 0.3 is 5.97 Å². The molecule has 4 atom stereocenters. The minimum absolute atomic E-state index is 0.0706. The van der Waals surface area contributed by atoms with Crippen molar-refractivity contribution >= 4 is 35.1 Å². The Kier molecular flexibility index (Phi) is 6.37. The van der Waals surface area contributed by atoms with Gasteiger partial charge in [0.15, 0.2) is 0 Å². The van der Waals surface area contributed by atoms with Gasteiger partial charge in [0.1, 0.15) is 18.2 Å². The second kappa shape index (κ2) is 9.03. The topological polar surface area (TPSA) is 66.8 Å². The zero-order valence-electron chi connectivity index (χ0n) is 16.8. The third-order valence-corrected chi connectivity index (χ3v) is 6.31. The first kappa shape index (κ1) is 21.9. The fraction of sp³-hybridized carbons (Fsp3) is 0.333. The van der Waals surface area contributed by atoms with Crippen molar-refractivity contribution in [2.24, 2.45) is 5.92 Å². The molecular weight excluding hydrogens is 437 g/mol. The monoisotopic (exact) mass is 459 g/mol. The Labute approximate surface area is 191 Å². The summed E-state index contributed by atoms with van der Waals surface area (Å²) in [6.45, 7) is 3.74. The molecule has 2 fully saturated rings. The van der Waals surface area contributed by atoms with Gasteiger partial charge in [0.2, 0.25) is 0 Å². The minimum Gasteiger partial charge on any atom is -0.480 e. The van der Waals surface area contributed by atoms with Crippen LogP contribution in [0.4, 0.5) is 0 Å². The fourth-order valence-corrected chi connectivity index (χ4v) is 4.60. The van der Waals surface area contributed by atoms with Crippen LogP contribution >= 0.6 is 23.2 Å². The van der Waals surface area contributed by atoms with Crippen molar-refractivity contribution < 1.29 is 19.4 Å². The molecule has 31 heavy (non-hydrogen) atoms. The van der Waals surface area contributed by atoms with Gasteiger partial charge in [0, 0.05) is 16.5 Å². The molecule has 0 aromatic heterocycles. The van der Waals surface area contributed by atoms with E-state index in [1.807, 2.05) is 24.3 Å². The molecule has 0 spiro atoms. The number of carboxylic acids is 1. The Hall–Kier alpha value is -2.34. The van der Waals surface area contributed by atoms with E-state index in [2.05, 4.69) is 6.58 Å². The van der Waals surface area contributed by atoms with Crippen LogP contribution in [-0.4, -0.2) is 34.0 Å². The summed E-state index contributed by atoms with van der Waals surface area (Å²) in [5.41, 5.74) is 1.53. The highest BCUT2D eigenvalue weighted by molar-refractivity contribution is 6.30. The number of carbonyl (C=O) groups excluding carboxylic acids is 1. The average Bonchev–Trinajstić information content (AvgIpc) is 3.56. The molecule has 2 aromatic rings. The summed E-state index contributed by atoms with van der Waals surface area (Å²) in [6, 6.07) is 12.8. The summed E-state index contributed by atoms with van der Waals surface area (Å²) >= 11 is 12.3. The third kappa shape index (κ3) is 4.49. The first-order chi connectivity index (χ1) is 14.9. The molecule has 7 heteroatoms. The van der Waals surface area contributed by atoms with Crippen molar-refractivity contribution in [1.29, 1.82) is 0 Å². The van der Waals surface area contributed by atoms with Gasteiger partial charge in [-0.2, -0.15) is 0 Å². The molecule has 5 nitrogen and oxygen atoms in total. The van der Waals surface area contributed by atoms with Gasteiger partial charge in [0.05, 0.1) is 6.04 Å². The van der Waals surface area contributed by atoms with Crippen LogP contribution in [0.15, 0.2) is 61.2 Å². The minimum atomic E-state index is -1.00. The van der Waals surface area contributed by atoms with Gasteiger partial charge in [-0.3, -0.25) is 4.79 Å². The van der Waals surface area contributed by atoms with E-state index in [4.69, 9.17) is 27.9 Å². The van der Waals surface area contributed by atoms with Crippen molar-refractivity contribution in [3.05, 3.63) is 82.4 Å². The van der Waals surface area contributed by atoms with E-state index in [9.17, 15) is 14.7 Å². The van der Waals surface area contributed by atoms with Gasteiger partial charge in [-0.05, 0) is 54.2 Å². The van der Waals surface area contributed by atoms with Crippen LogP contribution < -0.4 is 0 Å². The lowest BCUT2D eigenvalue weighted by atomic mass is 9.89. The summed E-state index contributed by atoms with van der Waals surface area (Å²) in [7, 11) is 0. The van der Waals surface area contributed by atoms with E-state index in [0.29, 0.717) is 10.0 Å². The second-order valence-electron chi connectivity index (χ2n) is 7.99. The molecule has 162 valence electrons. The number of hydrogen-bond acceptors (Lipinski definition) is 3. The average molecular weight is 460 g/mol. The summed E-state index contributed by atoms with van der Waals surface area (Å²) < 4.78 is 6.29. The number of morpholine rings is 1. The second-order valence-corrected chi connectivity index (χ2v) is 8.86. The Morgan fingerprint density at radius 3 is 2.45 bits per heavy atom. The zero-order chi connectivity index (χ0) is 22.1. The molecule has 4 rings (SSSR count). The van der Waals surface area contributed by atoms with Crippen molar-refractivity contribution in [2.45, 2.75) is 43.6 Å². The van der Waals surface area contributed by atoms with Gasteiger partial charge in [-0.25, -0.2) is 4.79 Å². The first-order valence-electron chi connectivity index (χ1n) is 10.2. The number of aliphatic carboxylic acids is 1. The maximum absolute atomic E-state index is 13.5. The van der Waals surface area contributed by atoms with Crippen molar-refractivity contribution in [3.8, 4) is 0 Å². The normalized spacial score (nSPS) is 24.6. The molecule has 2 aliphatic rings. The van der Waals surface area contributed by atoms with E-state index in [0.717, 1.165) is 24.0 Å². The molecule has 1 saturated carbocycles. The number of rotatable bonds is 7. The summed E-state index contributed by atoms with van der Waals surface area (Å²) in [5, 5.41) is 11.2. The first-order valence-corrected chi connectivity index (χ1v) is 11.0. The predicted molar refractivity (Wildman–Crippen MR) is 119 cm³/mol. The standard InChI is InChI=1S/C24H23Cl2NO4/c1-2-4-19-23(28)27(21(24(29)30)15-7-8-15)20(14-9-11-17(25)12-10-14)22(31-19)16-5-3-6-18(26)13-16/h2-3,5-6,9-13,15,19-22H,1,4,7-8H2,(H,29,30)/t19-,20+,21-,22-/m0/s1. The van der Waals surface area contributed by atoms with E-state index >= 15 is 0 Å². The van der Waals surface area contributed by atoms with Crippen LogP contribution in [0, 0.1) is 5.92 Å². The van der Waals surface area contributed by atoms with Crippen LogP contribution in [-0.2, 0) is 14.3 Å². The predicted octanol–water partition coefficient (Wildman–Crippen LogP) is 5.44. The van der Waals surface area contributed by atoms with E-state index < -0.39 is 30.3 Å². The van der Waals surface area contributed by atoms with Crippen molar-refractivity contribution in [1.82, 2.24) is 4.90 Å². The van der Waals surface area contributed by atoms with Crippen LogP contribution in [0.3, 0.4) is 0 Å². The Bertz CT molecular complexity index is 989. The lowest BCUT2D eigenvalue weighted by Crippen LogP contribution is -2.57. The zero-order valence-corrected chi connectivity index (χ0v) is 18.3. The lowest BCUT2D eigenvalue weighted by Gasteiger charge is -2.47. The third-order valence-electron chi connectivity index (χ3n) is 5.82. The van der Waals surface area contributed by atoms with E-state index in [1.165, 1.54) is 4.90 Å². The van der Waals surface area contributed by atoms with E-state index in [-0.39, 0.29) is 18.2 Å². The molecule has 1 heterocycles. The van der Waals surface area contributed by atoms with Crippen LogP contribution in [0.25, 0.3) is 0 Å². The SMILES string of the molecule is C=CC[C@@H]1O[C@@H](c2cccc(Cl)c2)[C@@H](c2ccc(Cl)cc2)N([C@H](C(=O)O)C2CC2)C1=O. The number of ether oxygens (including phenoxy) is 1. The number of carbonyl (C=O) groups is 2. The number of amides is 1. The number of benzene rings is 2. The molecule has 1 saturated heterocycles. The van der Waals surface area contributed by atoms with Gasteiger partial charge in [-0.15, -0.1) is 6.58 Å². The van der Waals surface area contributed by atoms with Crippen LogP contribution in [0.2, 0.25) is 10.0 Å². The molecule has 0 radical (unpaired) electrons. The van der Waals surface area contributed by atoms with Gasteiger partial charge < -0.3 is 14.7 Å². The number of nitrogens with zero attached hydrogens (tertiary/aromatic N) is 1. The van der Waals surface area contributed by atoms with Crippen molar-refractivity contribution in [2.75, 3.05) is 0 Å². The Morgan fingerprint density at radius 2 is 1.87 bits per heavy atom. The summed E-state index contributed by atoms with van der Waals surface area (Å²) in [4.78, 5) is 27.4. The number of carboxylic acid groups (broad SMARTS) is 1. The Morgan fingerprint density at radius 1 is 1.16 bits per heavy atom. The smallest absolute Gasteiger partial charge is 0.326 e. The highest BCUT2D eigenvalue weighted by Gasteiger charge is 2.52. The highest BCUT2D eigenvalue weighted by atomic mass is 35.5. The fourth-order valence-electron chi connectivity index (χ4n) is 4.28. The quantitative estimate of drug-likeness (QED) is 0.559. The largest absolute Gasteiger partial charge is 0.480 e. The molecule has 1 N–H and O–H groups in total. The summed E-state index contributed by atoms with van der Waals surface area (Å²) in [6.07, 6.45) is 2.06.